The van der Waals surface area contributed by atoms with E-state index in [1.165, 1.54) is 18.2 Å². The fourth-order valence-electron chi connectivity index (χ4n) is 4.50. The van der Waals surface area contributed by atoms with Gasteiger partial charge in [-0.25, -0.2) is 9.59 Å². The molecule has 0 bridgehead atoms. The predicted molar refractivity (Wildman–Crippen MR) is 138 cm³/mol. The van der Waals surface area contributed by atoms with E-state index in [4.69, 9.17) is 14.2 Å². The molecule has 0 heterocycles. The van der Waals surface area contributed by atoms with Crippen molar-refractivity contribution >= 4 is 17.8 Å². The van der Waals surface area contributed by atoms with Crippen LogP contribution in [-0.4, -0.2) is 35.9 Å². The fraction of sp³-hybridized carbons (Fsp3) is 0.310. The van der Waals surface area contributed by atoms with Gasteiger partial charge in [0, 0.05) is 23.5 Å². The predicted octanol–water partition coefficient (Wildman–Crippen LogP) is 6.62. The molecule has 0 fully saturated rings. The molecule has 37 heavy (non-hydrogen) atoms. The van der Waals surface area contributed by atoms with Crippen LogP contribution in [0.5, 0.6) is 0 Å². The highest BCUT2D eigenvalue weighted by Crippen LogP contribution is 2.44. The van der Waals surface area contributed by atoms with Gasteiger partial charge in [0.1, 0.15) is 18.8 Å². The number of nitro benzene ring substituents is 1. The Labute approximate surface area is 215 Å². The summed E-state index contributed by atoms with van der Waals surface area (Å²) in [5.74, 6) is -1.25. The number of fused-ring (bicyclic) bond motifs is 3. The topological polar surface area (TPSA) is 105 Å². The summed E-state index contributed by atoms with van der Waals surface area (Å²) in [4.78, 5) is 35.9. The number of nitro groups is 1. The first-order valence-electron chi connectivity index (χ1n) is 12.0. The van der Waals surface area contributed by atoms with Crippen molar-refractivity contribution in [3.63, 3.8) is 0 Å². The summed E-state index contributed by atoms with van der Waals surface area (Å²) in [6.45, 7) is 6.85. The number of carbonyl (C=O) groups excluding carboxylic acids is 2. The Hall–Kier alpha value is -4.20. The van der Waals surface area contributed by atoms with Gasteiger partial charge in [0.25, 0.3) is 5.69 Å². The Morgan fingerprint density at radius 1 is 0.946 bits per heavy atom. The van der Waals surface area contributed by atoms with Crippen molar-refractivity contribution in [2.75, 3.05) is 13.2 Å². The van der Waals surface area contributed by atoms with Crippen molar-refractivity contribution < 1.29 is 28.7 Å². The molecular weight excluding hydrogens is 474 g/mol. The second kappa shape index (κ2) is 10.4. The first-order chi connectivity index (χ1) is 17.5. The van der Waals surface area contributed by atoms with Gasteiger partial charge in [-0.05, 0) is 49.1 Å². The Bertz CT molecular complexity index is 1300. The summed E-state index contributed by atoms with van der Waals surface area (Å²) in [6, 6.07) is 20.2. The van der Waals surface area contributed by atoms with E-state index in [9.17, 15) is 19.7 Å². The number of rotatable bonds is 7. The maximum absolute atomic E-state index is 12.4. The summed E-state index contributed by atoms with van der Waals surface area (Å²) in [7, 11) is 0. The highest BCUT2D eigenvalue weighted by Gasteiger charge is 2.30. The molecule has 0 saturated carbocycles. The first-order valence-corrected chi connectivity index (χ1v) is 12.0. The van der Waals surface area contributed by atoms with Crippen molar-refractivity contribution in [1.82, 2.24) is 0 Å². The highest BCUT2D eigenvalue weighted by molar-refractivity contribution is 5.90. The lowest BCUT2D eigenvalue weighted by atomic mass is 9.98. The maximum atomic E-state index is 12.4. The maximum Gasteiger partial charge on any atom is 0.508 e. The molecule has 0 radical (unpaired) electrons. The standard InChI is InChI=1S/C29H29NO7/c1-18(20-14-13-19(15-26(20)30(33)34)27(31)37-29(2,3)4)16-35-28(32)36-17-25-23-11-7-5-9-21(23)22-10-6-8-12-24(22)25/h5-15,18,25H,16-17H2,1-4H3. The molecule has 1 aliphatic carbocycles. The summed E-state index contributed by atoms with van der Waals surface area (Å²) in [6.07, 6.45) is -0.846. The van der Waals surface area contributed by atoms with Crippen LogP contribution in [0.25, 0.3) is 11.1 Å². The number of esters is 1. The van der Waals surface area contributed by atoms with Gasteiger partial charge in [-0.3, -0.25) is 10.1 Å². The normalized spacial score (nSPS) is 13.3. The molecule has 8 nitrogen and oxygen atoms in total. The summed E-state index contributed by atoms with van der Waals surface area (Å²) in [5.41, 5.74) is 3.86. The molecule has 1 atom stereocenters. The summed E-state index contributed by atoms with van der Waals surface area (Å²) >= 11 is 0. The number of nitrogens with zero attached hydrogens (tertiary/aromatic N) is 1. The second-order valence-electron chi connectivity index (χ2n) is 10.0. The molecule has 0 aromatic heterocycles. The molecule has 0 saturated heterocycles. The van der Waals surface area contributed by atoms with Gasteiger partial charge in [-0.1, -0.05) is 61.5 Å². The lowest BCUT2D eigenvalue weighted by Crippen LogP contribution is -2.24. The van der Waals surface area contributed by atoms with E-state index in [2.05, 4.69) is 12.1 Å². The molecule has 8 heteroatoms. The van der Waals surface area contributed by atoms with Crippen LogP contribution in [0.1, 0.15) is 66.6 Å². The Morgan fingerprint density at radius 3 is 2.11 bits per heavy atom. The van der Waals surface area contributed by atoms with E-state index < -0.39 is 28.6 Å². The van der Waals surface area contributed by atoms with Gasteiger partial charge in [0.15, 0.2) is 0 Å². The van der Waals surface area contributed by atoms with Crippen molar-refractivity contribution in [3.8, 4) is 11.1 Å². The average Bonchev–Trinajstić information content (AvgIpc) is 3.18. The third-order valence-electron chi connectivity index (χ3n) is 6.17. The van der Waals surface area contributed by atoms with E-state index in [1.807, 2.05) is 36.4 Å². The van der Waals surface area contributed by atoms with E-state index in [0.29, 0.717) is 5.56 Å². The van der Waals surface area contributed by atoms with Gasteiger partial charge in [-0.2, -0.15) is 0 Å². The number of benzene rings is 3. The zero-order valence-corrected chi connectivity index (χ0v) is 21.2. The number of hydrogen-bond donors (Lipinski definition) is 0. The molecule has 3 aromatic carbocycles. The van der Waals surface area contributed by atoms with Crippen molar-refractivity contribution in [2.45, 2.75) is 45.1 Å². The average molecular weight is 504 g/mol. The monoisotopic (exact) mass is 503 g/mol. The van der Waals surface area contributed by atoms with Crippen LogP contribution >= 0.6 is 0 Å². The number of ether oxygens (including phenoxy) is 3. The molecule has 1 unspecified atom stereocenters. The molecule has 4 rings (SSSR count). The van der Waals surface area contributed by atoms with Gasteiger partial charge >= 0.3 is 12.1 Å². The Kier molecular flexibility index (Phi) is 7.29. The molecule has 0 aliphatic heterocycles. The third kappa shape index (κ3) is 5.80. The van der Waals surface area contributed by atoms with Crippen LogP contribution < -0.4 is 0 Å². The smallest absolute Gasteiger partial charge is 0.456 e. The van der Waals surface area contributed by atoms with Gasteiger partial charge < -0.3 is 14.2 Å². The van der Waals surface area contributed by atoms with Crippen molar-refractivity contribution in [3.05, 3.63) is 99.1 Å². The number of hydrogen-bond acceptors (Lipinski definition) is 7. The van der Waals surface area contributed by atoms with Crippen molar-refractivity contribution in [1.29, 1.82) is 0 Å². The van der Waals surface area contributed by atoms with Crippen LogP contribution in [0.2, 0.25) is 0 Å². The van der Waals surface area contributed by atoms with Crippen molar-refractivity contribution in [2.24, 2.45) is 0 Å². The SMILES string of the molecule is CC(COC(=O)OCC1c2ccccc2-c2ccccc21)c1ccc(C(=O)OC(C)(C)C)cc1[N+](=O)[O-]. The minimum absolute atomic E-state index is 0.0787. The van der Waals surface area contributed by atoms with Crippen LogP contribution in [0.15, 0.2) is 66.7 Å². The van der Waals surface area contributed by atoms with E-state index in [0.717, 1.165) is 22.3 Å². The quantitative estimate of drug-likeness (QED) is 0.203. The summed E-state index contributed by atoms with van der Waals surface area (Å²) < 4.78 is 16.0. The summed E-state index contributed by atoms with van der Waals surface area (Å²) in [5, 5.41) is 11.7. The third-order valence-corrected chi connectivity index (χ3v) is 6.17. The highest BCUT2D eigenvalue weighted by atomic mass is 16.7. The van der Waals surface area contributed by atoms with E-state index >= 15 is 0 Å². The second-order valence-corrected chi connectivity index (χ2v) is 10.0. The van der Waals surface area contributed by atoms with Gasteiger partial charge in [-0.15, -0.1) is 0 Å². The lowest BCUT2D eigenvalue weighted by molar-refractivity contribution is -0.385. The van der Waals surface area contributed by atoms with Gasteiger partial charge in [0.05, 0.1) is 10.5 Å². The van der Waals surface area contributed by atoms with E-state index in [-0.39, 0.29) is 30.4 Å². The van der Waals surface area contributed by atoms with Gasteiger partial charge in [0.2, 0.25) is 0 Å². The largest absolute Gasteiger partial charge is 0.508 e. The molecular formula is C29H29NO7. The van der Waals surface area contributed by atoms with Crippen LogP contribution in [0, 0.1) is 10.1 Å². The minimum Gasteiger partial charge on any atom is -0.456 e. The van der Waals surface area contributed by atoms with Crippen LogP contribution in [0.3, 0.4) is 0 Å². The van der Waals surface area contributed by atoms with Crippen LogP contribution in [-0.2, 0) is 14.2 Å². The zero-order chi connectivity index (χ0) is 26.7. The molecule has 1 aliphatic rings. The lowest BCUT2D eigenvalue weighted by Gasteiger charge is -2.20. The molecule has 192 valence electrons. The molecule has 0 spiro atoms. The molecule has 3 aromatic rings. The van der Waals surface area contributed by atoms with E-state index in [1.54, 1.807) is 27.7 Å². The molecule has 0 N–H and O–H groups in total. The Morgan fingerprint density at radius 2 is 1.54 bits per heavy atom. The zero-order valence-electron chi connectivity index (χ0n) is 21.2. The fourth-order valence-corrected chi connectivity index (χ4v) is 4.50. The van der Waals surface area contributed by atoms with Crippen LogP contribution in [0.4, 0.5) is 10.5 Å². The molecule has 0 amide bonds. The Balaban J connectivity index is 1.39. The number of carbonyl (C=O) groups is 2. The first kappa shape index (κ1) is 25.9. The minimum atomic E-state index is -0.846.